The molecule has 1 aliphatic carbocycles. The highest BCUT2D eigenvalue weighted by molar-refractivity contribution is 7.89. The van der Waals surface area contributed by atoms with Crippen LogP contribution in [0, 0.1) is 5.92 Å². The van der Waals surface area contributed by atoms with Crippen molar-refractivity contribution in [3.05, 3.63) is 24.5 Å². The highest BCUT2D eigenvalue weighted by Gasteiger charge is 2.52. The molecule has 3 heterocycles. The van der Waals surface area contributed by atoms with Gasteiger partial charge in [0.2, 0.25) is 10.0 Å². The highest BCUT2D eigenvalue weighted by Crippen LogP contribution is 2.35. The Balaban J connectivity index is 1.29. The molecule has 1 aromatic heterocycles. The lowest BCUT2D eigenvalue weighted by molar-refractivity contribution is -0.140. The molecule has 32 heavy (non-hydrogen) atoms. The van der Waals surface area contributed by atoms with Crippen molar-refractivity contribution in [2.24, 2.45) is 5.92 Å². The van der Waals surface area contributed by atoms with Crippen molar-refractivity contribution in [2.45, 2.75) is 43.0 Å². The van der Waals surface area contributed by atoms with Gasteiger partial charge in [-0.2, -0.15) is 9.31 Å². The minimum Gasteiger partial charge on any atom is -0.322 e. The summed E-state index contributed by atoms with van der Waals surface area (Å²) in [5.41, 5.74) is 1.51. The van der Waals surface area contributed by atoms with E-state index in [9.17, 15) is 22.8 Å². The lowest BCUT2D eigenvalue weighted by atomic mass is 9.77. The summed E-state index contributed by atoms with van der Waals surface area (Å²) in [6, 6.07) is 2.46. The van der Waals surface area contributed by atoms with E-state index in [0.717, 1.165) is 17.9 Å². The van der Waals surface area contributed by atoms with E-state index in [1.165, 1.54) is 22.8 Å². The van der Waals surface area contributed by atoms with Crippen molar-refractivity contribution in [1.82, 2.24) is 29.9 Å². The maximum atomic E-state index is 12.9. The third-order valence-electron chi connectivity index (χ3n) is 6.50. The highest BCUT2D eigenvalue weighted by atomic mass is 32.2. The zero-order valence-corrected chi connectivity index (χ0v) is 18.8. The molecule has 4 amide bonds. The van der Waals surface area contributed by atoms with Crippen molar-refractivity contribution in [1.29, 1.82) is 0 Å². The van der Waals surface area contributed by atoms with Gasteiger partial charge in [-0.25, -0.2) is 13.2 Å². The van der Waals surface area contributed by atoms with Gasteiger partial charge in [0.15, 0.2) is 0 Å². The number of nitrogens with one attached hydrogen (secondary N) is 2. The van der Waals surface area contributed by atoms with E-state index in [2.05, 4.69) is 22.7 Å². The maximum absolute atomic E-state index is 12.9. The lowest BCUT2D eigenvalue weighted by Gasteiger charge is -2.34. The number of nitrogens with zero attached hydrogens (tertiary/aromatic N) is 4. The number of carbonyl (C=O) groups excluding carboxylic acids is 3. The van der Waals surface area contributed by atoms with E-state index >= 15 is 0 Å². The van der Waals surface area contributed by atoms with Gasteiger partial charge in [-0.3, -0.25) is 24.9 Å². The molecule has 174 valence electrons. The topological polar surface area (TPSA) is 132 Å². The predicted octanol–water partition coefficient (Wildman–Crippen LogP) is -0.0802. The fourth-order valence-corrected chi connectivity index (χ4v) is 5.84. The number of aromatic nitrogens is 1. The molecule has 1 aromatic rings. The Labute approximate surface area is 187 Å². The molecule has 3 fully saturated rings. The van der Waals surface area contributed by atoms with Gasteiger partial charge < -0.3 is 5.32 Å². The third kappa shape index (κ3) is 4.34. The van der Waals surface area contributed by atoms with Gasteiger partial charge in [0.05, 0.1) is 6.54 Å². The fraction of sp³-hybridized carbons (Fsp3) is 0.600. The second-order valence-electron chi connectivity index (χ2n) is 8.74. The number of hydrogen-bond donors (Lipinski definition) is 2. The van der Waals surface area contributed by atoms with E-state index in [-0.39, 0.29) is 24.5 Å². The SMILES string of the molecule is CC1CCC2(CC1)NC(=O)N(NC(=O)CN1CCN(S(=O)(=O)c3cccnc3)CC1)C2=O. The molecule has 0 radical (unpaired) electrons. The Bertz CT molecular complexity index is 985. The Hall–Kier alpha value is -2.57. The summed E-state index contributed by atoms with van der Waals surface area (Å²) in [6.45, 7) is 3.25. The fourth-order valence-electron chi connectivity index (χ4n) is 4.46. The third-order valence-corrected chi connectivity index (χ3v) is 8.38. The first-order chi connectivity index (χ1) is 15.2. The zero-order valence-electron chi connectivity index (χ0n) is 18.0. The van der Waals surface area contributed by atoms with Crippen LogP contribution in [0.4, 0.5) is 4.79 Å². The van der Waals surface area contributed by atoms with Gasteiger partial charge in [-0.1, -0.05) is 6.92 Å². The molecule has 11 nitrogen and oxygen atoms in total. The van der Waals surface area contributed by atoms with Crippen LogP contribution in [0.3, 0.4) is 0 Å². The molecule has 0 aromatic carbocycles. The monoisotopic (exact) mass is 464 g/mol. The molecule has 3 aliphatic rings. The maximum Gasteiger partial charge on any atom is 0.344 e. The van der Waals surface area contributed by atoms with E-state index in [4.69, 9.17) is 0 Å². The number of pyridine rings is 1. The van der Waals surface area contributed by atoms with Crippen LogP contribution in [0.25, 0.3) is 0 Å². The van der Waals surface area contributed by atoms with Crippen molar-refractivity contribution < 1.29 is 22.8 Å². The van der Waals surface area contributed by atoms with E-state index < -0.39 is 33.4 Å². The summed E-state index contributed by atoms with van der Waals surface area (Å²) < 4.78 is 26.7. The van der Waals surface area contributed by atoms with Gasteiger partial charge in [0.1, 0.15) is 10.4 Å². The predicted molar refractivity (Wildman–Crippen MR) is 113 cm³/mol. The van der Waals surface area contributed by atoms with Crippen LogP contribution in [-0.4, -0.2) is 83.7 Å². The number of sulfonamides is 1. The summed E-state index contributed by atoms with van der Waals surface area (Å²) >= 11 is 0. The standard InChI is InChI=1S/C20H28N6O5S/c1-15-4-6-20(7-5-15)18(28)26(19(29)22-20)23-17(27)14-24-9-11-25(12-10-24)32(30,31)16-3-2-8-21-13-16/h2-3,8,13,15H,4-7,9-12,14H2,1H3,(H,22,29)(H,23,27). The first-order valence-corrected chi connectivity index (χ1v) is 12.2. The van der Waals surface area contributed by atoms with E-state index in [1.54, 1.807) is 11.0 Å². The van der Waals surface area contributed by atoms with Crippen molar-refractivity contribution in [3.63, 3.8) is 0 Å². The van der Waals surface area contributed by atoms with E-state index in [0.29, 0.717) is 31.8 Å². The summed E-state index contributed by atoms with van der Waals surface area (Å²) in [4.78, 5) is 43.5. The zero-order chi connectivity index (χ0) is 22.9. The molecule has 0 unspecified atom stereocenters. The number of urea groups is 1. The van der Waals surface area contributed by atoms with Crippen LogP contribution in [0.2, 0.25) is 0 Å². The van der Waals surface area contributed by atoms with Crippen LogP contribution in [0.1, 0.15) is 32.6 Å². The Morgan fingerprint density at radius 1 is 1.22 bits per heavy atom. The van der Waals surface area contributed by atoms with Gasteiger partial charge >= 0.3 is 6.03 Å². The lowest BCUT2D eigenvalue weighted by Crippen LogP contribution is -2.55. The molecule has 2 aliphatic heterocycles. The number of hydrogen-bond acceptors (Lipinski definition) is 7. The summed E-state index contributed by atoms with van der Waals surface area (Å²) in [5.74, 6) is -0.386. The Morgan fingerprint density at radius 2 is 1.91 bits per heavy atom. The molecular formula is C20H28N6O5S. The number of hydrazine groups is 1. The number of carbonyl (C=O) groups is 3. The summed E-state index contributed by atoms with van der Waals surface area (Å²) in [6.07, 6.45) is 5.65. The van der Waals surface area contributed by atoms with Crippen LogP contribution in [0.5, 0.6) is 0 Å². The van der Waals surface area contributed by atoms with Crippen LogP contribution in [-0.2, 0) is 19.6 Å². The minimum absolute atomic E-state index is 0.0398. The summed E-state index contributed by atoms with van der Waals surface area (Å²) in [5, 5.41) is 3.56. The Morgan fingerprint density at radius 3 is 2.53 bits per heavy atom. The quantitative estimate of drug-likeness (QED) is 0.583. The number of rotatable bonds is 5. The molecule has 0 atom stereocenters. The van der Waals surface area contributed by atoms with Crippen LogP contribution < -0.4 is 10.7 Å². The van der Waals surface area contributed by atoms with E-state index in [1.807, 2.05) is 0 Å². The second kappa shape index (κ2) is 8.75. The van der Waals surface area contributed by atoms with Crippen molar-refractivity contribution in [2.75, 3.05) is 32.7 Å². The number of imide groups is 1. The minimum atomic E-state index is -3.63. The largest absolute Gasteiger partial charge is 0.344 e. The average Bonchev–Trinajstić information content (AvgIpc) is 3.01. The molecular weight excluding hydrogens is 436 g/mol. The first-order valence-electron chi connectivity index (χ1n) is 10.8. The van der Waals surface area contributed by atoms with Crippen LogP contribution >= 0.6 is 0 Å². The van der Waals surface area contributed by atoms with Crippen molar-refractivity contribution in [3.8, 4) is 0 Å². The molecule has 0 bridgehead atoms. The van der Waals surface area contributed by atoms with Gasteiger partial charge in [-0.15, -0.1) is 0 Å². The van der Waals surface area contributed by atoms with Crippen molar-refractivity contribution >= 4 is 27.9 Å². The van der Waals surface area contributed by atoms with Crippen LogP contribution in [0.15, 0.2) is 29.4 Å². The average molecular weight is 465 g/mol. The summed E-state index contributed by atoms with van der Waals surface area (Å²) in [7, 11) is -3.63. The molecule has 1 spiro atoms. The molecule has 4 rings (SSSR count). The smallest absolute Gasteiger partial charge is 0.322 e. The Kier molecular flexibility index (Phi) is 6.19. The van der Waals surface area contributed by atoms with Gasteiger partial charge in [0, 0.05) is 38.6 Å². The normalized spacial score (nSPS) is 27.5. The molecule has 12 heteroatoms. The van der Waals surface area contributed by atoms with Gasteiger partial charge in [0.25, 0.3) is 11.8 Å². The molecule has 2 N–H and O–H groups in total. The number of amides is 4. The molecule has 2 saturated heterocycles. The second-order valence-corrected chi connectivity index (χ2v) is 10.7. The molecule has 1 saturated carbocycles. The number of piperazine rings is 1. The van der Waals surface area contributed by atoms with Gasteiger partial charge in [-0.05, 0) is 43.7 Å². The first kappa shape index (κ1) is 22.6.